The van der Waals surface area contributed by atoms with Gasteiger partial charge in [0.05, 0.1) is 33.8 Å². The lowest BCUT2D eigenvalue weighted by Crippen LogP contribution is -2.47. The van der Waals surface area contributed by atoms with E-state index < -0.39 is 26.6 Å². The highest BCUT2D eigenvalue weighted by atomic mass is 31.2. The van der Waals surface area contributed by atoms with Crippen molar-refractivity contribution in [2.24, 2.45) is 0 Å². The van der Waals surface area contributed by atoms with Gasteiger partial charge in [-0.1, -0.05) is 242 Å². The molecule has 0 spiro atoms. The van der Waals surface area contributed by atoms with Crippen LogP contribution in [0.25, 0.3) is 0 Å². The number of hydrogen-bond acceptors (Lipinski definition) is 7. The van der Waals surface area contributed by atoms with Crippen molar-refractivity contribution >= 4 is 19.7 Å². The average Bonchev–Trinajstić information content (AvgIpc) is 3.35. The normalized spacial score (nSPS) is 14.2. The fraction of sp³-hybridized carbons (Fsp3) is 0.778. The number of ether oxygens (including phenoxy) is 1. The second kappa shape index (κ2) is 52.9. The summed E-state index contributed by atoms with van der Waals surface area (Å²) in [6, 6.07) is -0.899. The van der Waals surface area contributed by atoms with E-state index >= 15 is 0 Å². The Balaban J connectivity index is 5.26. The molecular formula is C63H115N2O7P. The number of esters is 1. The monoisotopic (exact) mass is 1040 g/mol. The fourth-order valence-corrected chi connectivity index (χ4v) is 9.22. The Morgan fingerprint density at radius 2 is 0.932 bits per heavy atom. The summed E-state index contributed by atoms with van der Waals surface area (Å²) in [4.78, 5) is 39.9. The maximum Gasteiger partial charge on any atom is 0.306 e. The summed E-state index contributed by atoms with van der Waals surface area (Å²) in [5, 5.41) is 3.02. The van der Waals surface area contributed by atoms with Gasteiger partial charge in [0.1, 0.15) is 19.3 Å². The summed E-state index contributed by atoms with van der Waals surface area (Å²) in [5.41, 5.74) is 0. The molecule has 1 amide bonds. The molecule has 0 aliphatic heterocycles. The molecule has 0 aromatic rings. The number of likely N-dealkylation sites (N-methyl/N-ethyl adjacent to an activating group) is 1. The van der Waals surface area contributed by atoms with Crippen LogP contribution in [0.1, 0.15) is 265 Å². The Hall–Kier alpha value is -2.55. The van der Waals surface area contributed by atoms with Crippen LogP contribution in [-0.4, -0.2) is 69.4 Å². The third-order valence-electron chi connectivity index (χ3n) is 13.2. The van der Waals surface area contributed by atoms with Crippen LogP contribution in [0.4, 0.5) is 0 Å². The first-order valence-electron chi connectivity index (χ1n) is 30.3. The van der Waals surface area contributed by atoms with Gasteiger partial charge in [-0.2, -0.15) is 0 Å². The van der Waals surface area contributed by atoms with Crippen molar-refractivity contribution in [2.75, 3.05) is 40.9 Å². The molecule has 424 valence electrons. The fourth-order valence-electron chi connectivity index (χ4n) is 8.49. The van der Waals surface area contributed by atoms with E-state index in [4.69, 9.17) is 13.8 Å². The number of carbonyl (C=O) groups excluding carboxylic acids is 2. The highest BCUT2D eigenvalue weighted by molar-refractivity contribution is 7.45. The van der Waals surface area contributed by atoms with Crippen LogP contribution in [0, 0.1) is 0 Å². The molecular weight excluding hydrogens is 928 g/mol. The summed E-state index contributed by atoms with van der Waals surface area (Å²) < 4.78 is 30.3. The van der Waals surface area contributed by atoms with E-state index in [2.05, 4.69) is 86.8 Å². The minimum Gasteiger partial charge on any atom is -0.756 e. The molecule has 10 heteroatoms. The van der Waals surface area contributed by atoms with Crippen molar-refractivity contribution in [3.8, 4) is 0 Å². The topological polar surface area (TPSA) is 114 Å². The molecule has 0 rings (SSSR count). The molecule has 9 nitrogen and oxygen atoms in total. The van der Waals surface area contributed by atoms with E-state index in [9.17, 15) is 19.0 Å². The predicted molar refractivity (Wildman–Crippen MR) is 312 cm³/mol. The summed E-state index contributed by atoms with van der Waals surface area (Å²) in [6.45, 7) is 6.68. The lowest BCUT2D eigenvalue weighted by Gasteiger charge is -2.30. The van der Waals surface area contributed by atoms with Gasteiger partial charge in [-0.15, -0.1) is 0 Å². The third-order valence-corrected chi connectivity index (χ3v) is 14.1. The van der Waals surface area contributed by atoms with Gasteiger partial charge in [0.15, 0.2) is 0 Å². The molecule has 0 aliphatic carbocycles. The molecule has 0 radical (unpaired) electrons. The van der Waals surface area contributed by atoms with E-state index in [1.54, 1.807) is 0 Å². The Labute approximate surface area is 451 Å². The number of carbonyl (C=O) groups is 2. The maximum absolute atomic E-state index is 13.5. The maximum atomic E-state index is 13.5. The SMILES string of the molecule is CC/C=C/C=C/C=C\CCCCCCCC(=O)OC(/C=C\CCCCCCCCCCCCC)C(COP(=O)([O-])OCC[N+](C)(C)C)NC(=O)CCCCCCCCCCCCC/C=C\C/C=C\CCCCC. The Morgan fingerprint density at radius 1 is 0.507 bits per heavy atom. The van der Waals surface area contributed by atoms with Crippen LogP contribution >= 0.6 is 7.82 Å². The minimum absolute atomic E-state index is 0.0283. The number of rotatable bonds is 54. The smallest absolute Gasteiger partial charge is 0.306 e. The zero-order chi connectivity index (χ0) is 53.6. The van der Waals surface area contributed by atoms with Gasteiger partial charge in [0.25, 0.3) is 7.82 Å². The molecule has 3 atom stereocenters. The van der Waals surface area contributed by atoms with Crippen molar-refractivity contribution in [2.45, 2.75) is 277 Å². The first-order valence-corrected chi connectivity index (χ1v) is 31.7. The van der Waals surface area contributed by atoms with Crippen LogP contribution in [-0.2, 0) is 27.9 Å². The van der Waals surface area contributed by atoms with Crippen molar-refractivity contribution < 1.29 is 37.3 Å². The van der Waals surface area contributed by atoms with E-state index in [1.165, 1.54) is 135 Å². The highest BCUT2D eigenvalue weighted by Gasteiger charge is 2.27. The number of nitrogens with one attached hydrogen (secondary N) is 1. The molecule has 0 aliphatic rings. The Kier molecular flexibility index (Phi) is 51.0. The van der Waals surface area contributed by atoms with Gasteiger partial charge in [0, 0.05) is 12.8 Å². The van der Waals surface area contributed by atoms with Gasteiger partial charge in [-0.3, -0.25) is 14.2 Å². The first-order chi connectivity index (χ1) is 35.4. The number of allylic oxidation sites excluding steroid dienone is 11. The van der Waals surface area contributed by atoms with Crippen LogP contribution in [0.3, 0.4) is 0 Å². The zero-order valence-electron chi connectivity index (χ0n) is 48.3. The van der Waals surface area contributed by atoms with E-state index in [1.807, 2.05) is 33.3 Å². The Morgan fingerprint density at radius 3 is 1.44 bits per heavy atom. The van der Waals surface area contributed by atoms with E-state index in [0.717, 1.165) is 89.9 Å². The van der Waals surface area contributed by atoms with Crippen LogP contribution < -0.4 is 10.2 Å². The van der Waals surface area contributed by atoms with Gasteiger partial charge in [-0.25, -0.2) is 0 Å². The summed E-state index contributed by atoms with van der Waals surface area (Å²) in [6.07, 6.45) is 67.2. The van der Waals surface area contributed by atoms with Crippen molar-refractivity contribution in [1.82, 2.24) is 5.32 Å². The largest absolute Gasteiger partial charge is 0.756 e. The highest BCUT2D eigenvalue weighted by Crippen LogP contribution is 2.38. The van der Waals surface area contributed by atoms with Gasteiger partial charge >= 0.3 is 5.97 Å². The van der Waals surface area contributed by atoms with E-state index in [-0.39, 0.29) is 24.9 Å². The number of phosphoric acid groups is 1. The molecule has 0 aromatic heterocycles. The standard InChI is InChI=1S/C63H115N2O7P/c1-7-10-13-16-19-22-25-28-29-30-31-32-33-34-35-38-40-43-46-49-52-55-62(66)64-60(59-71-73(68,69)70-58-57-65(4,5)6)61(54-51-48-45-42-39-36-26-23-20-17-14-11-8-2)72-63(67)56-53-50-47-44-41-37-27-24-21-18-15-12-9-3/h12,15,18-19,21-22,24,27-29,51,54,60-61H,7-11,13-14,16-17,20,23,25-26,30-50,52-53,55-59H2,1-6H3,(H-,64,66,68,69)/b15-12+,21-18+,22-19-,27-24-,29-28-,54-51-. The predicted octanol–water partition coefficient (Wildman–Crippen LogP) is 17.8. The van der Waals surface area contributed by atoms with Gasteiger partial charge in [-0.05, 0) is 83.1 Å². The van der Waals surface area contributed by atoms with Gasteiger partial charge < -0.3 is 28.5 Å². The Bertz CT molecular complexity index is 1480. The molecule has 0 heterocycles. The third kappa shape index (κ3) is 54.1. The molecule has 3 unspecified atom stereocenters. The number of unbranched alkanes of at least 4 members (excludes halogenated alkanes) is 30. The number of nitrogens with zero attached hydrogens (tertiary/aromatic N) is 1. The lowest BCUT2D eigenvalue weighted by molar-refractivity contribution is -0.870. The number of phosphoric ester groups is 1. The number of hydrogen-bond donors (Lipinski definition) is 1. The second-order valence-corrected chi connectivity index (χ2v) is 22.9. The van der Waals surface area contributed by atoms with Crippen molar-refractivity contribution in [3.63, 3.8) is 0 Å². The van der Waals surface area contributed by atoms with E-state index in [0.29, 0.717) is 23.9 Å². The number of amides is 1. The molecule has 1 N–H and O–H groups in total. The van der Waals surface area contributed by atoms with Gasteiger partial charge in [0.2, 0.25) is 5.91 Å². The molecule has 0 saturated carbocycles. The quantitative estimate of drug-likeness (QED) is 0.0161. The summed E-state index contributed by atoms with van der Waals surface area (Å²) >= 11 is 0. The number of quaternary nitrogens is 1. The second-order valence-electron chi connectivity index (χ2n) is 21.5. The zero-order valence-corrected chi connectivity index (χ0v) is 49.2. The van der Waals surface area contributed by atoms with Crippen molar-refractivity contribution in [3.05, 3.63) is 72.9 Å². The average molecular weight is 1040 g/mol. The van der Waals surface area contributed by atoms with Crippen LogP contribution in [0.15, 0.2) is 72.9 Å². The summed E-state index contributed by atoms with van der Waals surface area (Å²) in [7, 11) is 1.17. The summed E-state index contributed by atoms with van der Waals surface area (Å²) in [5.74, 6) is -0.566. The lowest BCUT2D eigenvalue weighted by atomic mass is 10.0. The van der Waals surface area contributed by atoms with Crippen LogP contribution in [0.5, 0.6) is 0 Å². The van der Waals surface area contributed by atoms with Crippen LogP contribution in [0.2, 0.25) is 0 Å². The molecule has 0 bridgehead atoms. The molecule has 0 saturated heterocycles. The molecule has 0 fully saturated rings. The minimum atomic E-state index is -4.70. The molecule has 0 aromatic carbocycles. The van der Waals surface area contributed by atoms with Crippen molar-refractivity contribution in [1.29, 1.82) is 0 Å². The molecule has 73 heavy (non-hydrogen) atoms. The first kappa shape index (κ1) is 70.5.